The van der Waals surface area contributed by atoms with Crippen molar-refractivity contribution in [2.75, 3.05) is 19.9 Å². The first-order valence-electron chi connectivity index (χ1n) is 2.64. The highest BCUT2D eigenvalue weighted by atomic mass is 16.5. The van der Waals surface area contributed by atoms with Gasteiger partial charge in [-0.25, -0.2) is 0 Å². The van der Waals surface area contributed by atoms with E-state index in [1.165, 1.54) is 17.9 Å². The maximum absolute atomic E-state index is 5.08. The van der Waals surface area contributed by atoms with Crippen LogP contribution < -0.4 is 4.90 Å². The highest BCUT2D eigenvalue weighted by Gasteiger charge is 2.01. The minimum absolute atomic E-state index is 0.792. The fourth-order valence-electron chi connectivity index (χ4n) is 0.713. The Morgan fingerprint density at radius 3 is 2.71 bits per heavy atom. The molecule has 0 bridgehead atoms. The molecule has 42 valence electrons. The summed E-state index contributed by atoms with van der Waals surface area (Å²) in [6, 6.07) is 0. The summed E-state index contributed by atoms with van der Waals surface area (Å²) in [5, 5.41) is 0. The molecule has 0 amide bonds. The largest absolute Gasteiger partial charge is 0.445 e. The van der Waals surface area contributed by atoms with E-state index in [1.54, 1.807) is 0 Å². The Kier molecular flexibility index (Phi) is 1.65. The van der Waals surface area contributed by atoms with Crippen molar-refractivity contribution in [3.8, 4) is 0 Å². The van der Waals surface area contributed by atoms with Crippen LogP contribution in [0.2, 0.25) is 0 Å². The molecule has 0 spiro atoms. The predicted molar refractivity (Wildman–Crippen MR) is 26.6 cm³/mol. The van der Waals surface area contributed by atoms with E-state index in [2.05, 4.69) is 7.05 Å². The summed E-state index contributed by atoms with van der Waals surface area (Å²) in [5.41, 5.74) is 0. The molecule has 0 aliphatic carbocycles. The Balaban J connectivity index is 2.12. The maximum atomic E-state index is 5.08. The van der Waals surface area contributed by atoms with Gasteiger partial charge in [-0.05, 0) is 0 Å². The van der Waals surface area contributed by atoms with Crippen molar-refractivity contribution in [3.05, 3.63) is 7.05 Å². The molecule has 0 saturated carbocycles. The normalized spacial score (nSPS) is 33.0. The number of rotatable bonds is 0. The third-order valence-corrected chi connectivity index (χ3v) is 1.13. The summed E-state index contributed by atoms with van der Waals surface area (Å²) in [6.07, 6.45) is 1.17. The van der Waals surface area contributed by atoms with Crippen molar-refractivity contribution < 1.29 is 9.64 Å². The molecule has 1 aliphatic heterocycles. The second-order valence-corrected chi connectivity index (χ2v) is 1.91. The van der Waals surface area contributed by atoms with Crippen LogP contribution >= 0.6 is 0 Å². The van der Waals surface area contributed by atoms with Crippen molar-refractivity contribution in [1.29, 1.82) is 0 Å². The van der Waals surface area contributed by atoms with Crippen LogP contribution in [-0.2, 0) is 4.74 Å². The van der Waals surface area contributed by atoms with Crippen molar-refractivity contribution in [2.24, 2.45) is 0 Å². The van der Waals surface area contributed by atoms with E-state index in [0.29, 0.717) is 0 Å². The molecule has 0 radical (unpaired) electrons. The molecule has 0 aromatic heterocycles. The molecule has 7 heavy (non-hydrogen) atoms. The predicted octanol–water partition coefficient (Wildman–Crippen LogP) is -0.959. The lowest BCUT2D eigenvalue weighted by Gasteiger charge is -2.24. The number of hydrogen-bond acceptors (Lipinski definition) is 1. The van der Waals surface area contributed by atoms with Crippen LogP contribution in [0.3, 0.4) is 0 Å². The molecule has 1 atom stereocenters. The minimum atomic E-state index is 0.792. The van der Waals surface area contributed by atoms with Gasteiger partial charge in [-0.15, -0.1) is 7.05 Å². The quantitative estimate of drug-likeness (QED) is 0.388. The molecule has 1 heterocycles. The number of ether oxygens (including phenoxy) is 1. The van der Waals surface area contributed by atoms with Crippen LogP contribution in [0, 0.1) is 7.05 Å². The lowest BCUT2D eigenvalue weighted by atomic mass is 10.4. The molecule has 2 nitrogen and oxygen atoms in total. The summed E-state index contributed by atoms with van der Waals surface area (Å²) >= 11 is 0. The Morgan fingerprint density at radius 2 is 2.43 bits per heavy atom. The van der Waals surface area contributed by atoms with Crippen LogP contribution in [0.1, 0.15) is 6.42 Å². The molecule has 1 fully saturated rings. The summed E-state index contributed by atoms with van der Waals surface area (Å²) < 4.78 is 5.08. The molecule has 2 heteroatoms. The standard InChI is InChI=1S/C5H11NO/c1-6-3-2-4-7-5-6/h6H,1-5H2. The Labute approximate surface area is 44.1 Å². The van der Waals surface area contributed by atoms with E-state index in [1.807, 2.05) is 0 Å². The zero-order valence-corrected chi connectivity index (χ0v) is 4.44. The van der Waals surface area contributed by atoms with Gasteiger partial charge in [0.2, 0.25) is 0 Å². The molecule has 1 N–H and O–H groups in total. The van der Waals surface area contributed by atoms with E-state index in [9.17, 15) is 0 Å². The van der Waals surface area contributed by atoms with Crippen molar-refractivity contribution in [2.45, 2.75) is 6.42 Å². The third-order valence-electron chi connectivity index (χ3n) is 1.13. The molecular formula is C5H11NO. The van der Waals surface area contributed by atoms with Crippen molar-refractivity contribution >= 4 is 0 Å². The van der Waals surface area contributed by atoms with Crippen LogP contribution in [0.25, 0.3) is 0 Å². The molecule has 1 rings (SSSR count). The molecule has 0 aromatic carbocycles. The minimum Gasteiger partial charge on any atom is -0.445 e. The van der Waals surface area contributed by atoms with Gasteiger partial charge in [0.1, 0.15) is 0 Å². The van der Waals surface area contributed by atoms with E-state index in [0.717, 1.165) is 13.3 Å². The summed E-state index contributed by atoms with van der Waals surface area (Å²) in [7, 11) is 3.79. The van der Waals surface area contributed by atoms with E-state index < -0.39 is 0 Å². The van der Waals surface area contributed by atoms with Crippen molar-refractivity contribution in [1.82, 2.24) is 0 Å². The van der Waals surface area contributed by atoms with E-state index in [-0.39, 0.29) is 0 Å². The second kappa shape index (κ2) is 2.28. The van der Waals surface area contributed by atoms with Crippen LogP contribution in [-0.4, -0.2) is 19.9 Å². The highest BCUT2D eigenvalue weighted by Crippen LogP contribution is 1.79. The molecule has 1 unspecified atom stereocenters. The van der Waals surface area contributed by atoms with Gasteiger partial charge in [0, 0.05) is 6.42 Å². The van der Waals surface area contributed by atoms with Gasteiger partial charge in [-0.1, -0.05) is 0 Å². The lowest BCUT2D eigenvalue weighted by molar-refractivity contribution is -0.884. The Morgan fingerprint density at radius 1 is 1.57 bits per heavy atom. The van der Waals surface area contributed by atoms with Gasteiger partial charge >= 0.3 is 0 Å². The molecule has 0 aromatic rings. The highest BCUT2D eigenvalue weighted by molar-refractivity contribution is 4.34. The average molecular weight is 101 g/mol. The van der Waals surface area contributed by atoms with Crippen LogP contribution in [0.5, 0.6) is 0 Å². The maximum Gasteiger partial charge on any atom is 0.157 e. The lowest BCUT2D eigenvalue weighted by Crippen LogP contribution is -3.08. The zero-order valence-electron chi connectivity index (χ0n) is 4.44. The van der Waals surface area contributed by atoms with Gasteiger partial charge in [-0.3, -0.25) is 0 Å². The summed E-state index contributed by atoms with van der Waals surface area (Å²) in [6.45, 7) is 2.89. The monoisotopic (exact) mass is 101 g/mol. The summed E-state index contributed by atoms with van der Waals surface area (Å²) in [4.78, 5) is 1.24. The number of hydrogen-bond donors (Lipinski definition) is 1. The van der Waals surface area contributed by atoms with Gasteiger partial charge in [-0.2, -0.15) is 0 Å². The topological polar surface area (TPSA) is 13.7 Å². The SMILES string of the molecule is [CH2-][NH+]1CCCOC1. The summed E-state index contributed by atoms with van der Waals surface area (Å²) in [5.74, 6) is 0. The number of nitrogens with one attached hydrogen (secondary N) is 1. The van der Waals surface area contributed by atoms with Crippen LogP contribution in [0.4, 0.5) is 0 Å². The van der Waals surface area contributed by atoms with Crippen molar-refractivity contribution in [3.63, 3.8) is 0 Å². The van der Waals surface area contributed by atoms with E-state index >= 15 is 0 Å². The van der Waals surface area contributed by atoms with Crippen LogP contribution in [0.15, 0.2) is 0 Å². The number of quaternary nitrogens is 1. The van der Waals surface area contributed by atoms with E-state index in [4.69, 9.17) is 4.74 Å². The molecule has 1 aliphatic rings. The third kappa shape index (κ3) is 1.45. The van der Waals surface area contributed by atoms with Gasteiger partial charge in [0.25, 0.3) is 0 Å². The zero-order chi connectivity index (χ0) is 5.11. The first kappa shape index (κ1) is 5.06. The average Bonchev–Trinajstić information content (AvgIpc) is 1.69. The van der Waals surface area contributed by atoms with Gasteiger partial charge < -0.3 is 9.64 Å². The molecular weight excluding hydrogens is 90.1 g/mol. The smallest absolute Gasteiger partial charge is 0.157 e. The fraction of sp³-hybridized carbons (Fsp3) is 0.800. The Bertz CT molecular complexity index is 50.0. The second-order valence-electron chi connectivity index (χ2n) is 1.91. The van der Waals surface area contributed by atoms with Gasteiger partial charge in [0.05, 0.1) is 13.2 Å². The van der Waals surface area contributed by atoms with Gasteiger partial charge in [0.15, 0.2) is 6.73 Å². The Hall–Kier alpha value is -0.0800. The fourth-order valence-corrected chi connectivity index (χ4v) is 0.713. The first-order valence-corrected chi connectivity index (χ1v) is 2.64. The molecule has 1 saturated heterocycles. The first-order chi connectivity index (χ1) is 3.39.